The van der Waals surface area contributed by atoms with Gasteiger partial charge in [0, 0.05) is 35.8 Å². The summed E-state index contributed by atoms with van der Waals surface area (Å²) in [5, 5.41) is 5.96. The lowest BCUT2D eigenvalue weighted by molar-refractivity contribution is -0.149. The van der Waals surface area contributed by atoms with E-state index < -0.39 is 30.4 Å². The number of ether oxygens (including phenoxy) is 4. The Kier molecular flexibility index (Phi) is 12.7. The molecule has 2 N–H and O–H groups in total. The predicted molar refractivity (Wildman–Crippen MR) is 157 cm³/mol. The van der Waals surface area contributed by atoms with Gasteiger partial charge in [0.2, 0.25) is 0 Å². The van der Waals surface area contributed by atoms with Gasteiger partial charge in [0.15, 0.2) is 6.61 Å². The lowest BCUT2D eigenvalue weighted by Gasteiger charge is -2.31. The Morgan fingerprint density at radius 1 is 1.05 bits per heavy atom. The number of benzene rings is 2. The predicted octanol–water partition coefficient (Wildman–Crippen LogP) is 4.01. The van der Waals surface area contributed by atoms with Gasteiger partial charge in [0.1, 0.15) is 17.5 Å². The zero-order valence-electron chi connectivity index (χ0n) is 23.0. The highest BCUT2D eigenvalue weighted by Gasteiger charge is 2.25. The molecule has 12 heteroatoms. The van der Waals surface area contributed by atoms with Gasteiger partial charge in [-0.2, -0.15) is 11.8 Å². The molecule has 40 heavy (non-hydrogen) atoms. The molecule has 2 aromatic carbocycles. The molecule has 0 aromatic heterocycles. The molecule has 1 saturated heterocycles. The Bertz CT molecular complexity index is 1140. The lowest BCUT2D eigenvalue weighted by atomic mass is 10.1. The molecule has 10 nitrogen and oxygen atoms in total. The van der Waals surface area contributed by atoms with Crippen molar-refractivity contribution < 1.29 is 33.3 Å². The van der Waals surface area contributed by atoms with Gasteiger partial charge in [-0.3, -0.25) is 9.59 Å². The van der Waals surface area contributed by atoms with Crippen molar-refractivity contribution >= 4 is 52.5 Å². The molecular formula is C28H36ClN3O7S. The molecule has 0 aliphatic carbocycles. The van der Waals surface area contributed by atoms with Crippen molar-refractivity contribution in [1.29, 1.82) is 0 Å². The van der Waals surface area contributed by atoms with Crippen LogP contribution in [0.3, 0.4) is 0 Å². The monoisotopic (exact) mass is 593 g/mol. The summed E-state index contributed by atoms with van der Waals surface area (Å²) < 4.78 is 22.4. The number of anilines is 2. The van der Waals surface area contributed by atoms with Crippen molar-refractivity contribution in [2.75, 3.05) is 68.3 Å². The lowest BCUT2D eigenvalue weighted by Crippen LogP contribution is -2.43. The van der Waals surface area contributed by atoms with E-state index in [-0.39, 0.29) is 0 Å². The van der Waals surface area contributed by atoms with Crippen molar-refractivity contribution in [2.24, 2.45) is 0 Å². The maximum absolute atomic E-state index is 12.8. The Balaban J connectivity index is 1.68. The number of thioether (sulfide) groups is 1. The molecule has 218 valence electrons. The number of nitrogens with one attached hydrogen (secondary N) is 2. The third-order valence-electron chi connectivity index (χ3n) is 5.94. The number of nitrogens with zero attached hydrogens (tertiary/aromatic N) is 1. The third-order valence-corrected chi connectivity index (χ3v) is 6.84. The SMILES string of the molecule is CCOc1cc(N2CCOCC2)c(OCC)cc1NC(=O)COC(=O)C(CCSC)NC(=O)c1ccc(Cl)cc1. The number of halogens is 1. The number of morpholine rings is 1. The minimum atomic E-state index is -0.917. The molecule has 1 unspecified atom stereocenters. The summed E-state index contributed by atoms with van der Waals surface area (Å²) in [6.45, 7) is 6.66. The summed E-state index contributed by atoms with van der Waals surface area (Å²) in [4.78, 5) is 40.5. The van der Waals surface area contributed by atoms with Gasteiger partial charge in [-0.1, -0.05) is 11.6 Å². The van der Waals surface area contributed by atoms with E-state index in [0.29, 0.717) is 79.5 Å². The van der Waals surface area contributed by atoms with Crippen LogP contribution in [0.25, 0.3) is 0 Å². The van der Waals surface area contributed by atoms with Crippen LogP contribution in [0.5, 0.6) is 11.5 Å². The van der Waals surface area contributed by atoms with Gasteiger partial charge in [0.05, 0.1) is 37.8 Å². The fraction of sp³-hybridized carbons (Fsp3) is 0.464. The van der Waals surface area contributed by atoms with E-state index >= 15 is 0 Å². The summed E-state index contributed by atoms with van der Waals surface area (Å²) in [7, 11) is 0. The van der Waals surface area contributed by atoms with Crippen LogP contribution in [0.1, 0.15) is 30.6 Å². The highest BCUT2D eigenvalue weighted by atomic mass is 35.5. The number of carbonyl (C=O) groups is 3. The smallest absolute Gasteiger partial charge is 0.329 e. The maximum Gasteiger partial charge on any atom is 0.329 e. The van der Waals surface area contributed by atoms with Gasteiger partial charge in [-0.25, -0.2) is 4.79 Å². The van der Waals surface area contributed by atoms with Crippen LogP contribution in [-0.2, 0) is 19.1 Å². The van der Waals surface area contributed by atoms with Gasteiger partial charge < -0.3 is 34.5 Å². The average Bonchev–Trinajstić information content (AvgIpc) is 2.96. The fourth-order valence-corrected chi connectivity index (χ4v) is 4.59. The average molecular weight is 594 g/mol. The van der Waals surface area contributed by atoms with E-state index in [1.807, 2.05) is 26.2 Å². The molecule has 0 spiro atoms. The Hall–Kier alpha value is -3.15. The van der Waals surface area contributed by atoms with Crippen LogP contribution in [0.15, 0.2) is 36.4 Å². The first-order chi connectivity index (χ1) is 19.4. The van der Waals surface area contributed by atoms with Gasteiger partial charge in [-0.05, 0) is 56.5 Å². The van der Waals surface area contributed by atoms with E-state index in [1.54, 1.807) is 30.3 Å². The second-order valence-electron chi connectivity index (χ2n) is 8.75. The first-order valence-electron chi connectivity index (χ1n) is 13.1. The quantitative estimate of drug-likeness (QED) is 0.314. The molecular weight excluding hydrogens is 558 g/mol. The van der Waals surface area contributed by atoms with E-state index in [2.05, 4.69) is 15.5 Å². The summed E-state index contributed by atoms with van der Waals surface area (Å²) in [6.07, 6.45) is 2.24. The Labute approximate surface area is 244 Å². The molecule has 2 aromatic rings. The maximum atomic E-state index is 12.8. The van der Waals surface area contributed by atoms with Crippen LogP contribution in [0.4, 0.5) is 11.4 Å². The molecule has 1 atom stereocenters. The second-order valence-corrected chi connectivity index (χ2v) is 10.2. The van der Waals surface area contributed by atoms with Crippen molar-refractivity contribution in [1.82, 2.24) is 5.32 Å². The Morgan fingerprint density at radius 3 is 2.38 bits per heavy atom. The first kappa shape index (κ1) is 31.4. The Morgan fingerprint density at radius 2 is 1.73 bits per heavy atom. The van der Waals surface area contributed by atoms with Crippen molar-refractivity contribution in [3.63, 3.8) is 0 Å². The van der Waals surface area contributed by atoms with Crippen molar-refractivity contribution in [3.8, 4) is 11.5 Å². The molecule has 0 bridgehead atoms. The molecule has 1 heterocycles. The first-order valence-corrected chi connectivity index (χ1v) is 14.9. The van der Waals surface area contributed by atoms with Crippen LogP contribution < -0.4 is 25.0 Å². The topological polar surface area (TPSA) is 115 Å². The zero-order valence-corrected chi connectivity index (χ0v) is 24.6. The molecule has 0 saturated carbocycles. The van der Waals surface area contributed by atoms with Crippen LogP contribution in [0.2, 0.25) is 5.02 Å². The number of carbonyl (C=O) groups excluding carboxylic acids is 3. The highest BCUT2D eigenvalue weighted by Crippen LogP contribution is 2.39. The highest BCUT2D eigenvalue weighted by molar-refractivity contribution is 7.98. The summed E-state index contributed by atoms with van der Waals surface area (Å²) in [5.74, 6) is -0.00486. The van der Waals surface area contributed by atoms with E-state index in [0.717, 1.165) is 5.69 Å². The van der Waals surface area contributed by atoms with Crippen LogP contribution >= 0.6 is 23.4 Å². The number of esters is 1. The molecule has 3 rings (SSSR count). The summed E-state index contributed by atoms with van der Waals surface area (Å²) in [5.41, 5.74) is 1.61. The minimum absolute atomic E-state index is 0.343. The van der Waals surface area contributed by atoms with Gasteiger partial charge in [-0.15, -0.1) is 0 Å². The normalized spacial score (nSPS) is 13.8. The van der Waals surface area contributed by atoms with Crippen LogP contribution in [0, 0.1) is 0 Å². The third kappa shape index (κ3) is 9.21. The standard InChI is InChI=1S/C28H36ClN3O7S/c1-4-37-24-17-23(32-11-13-36-14-12-32)25(38-5-2)16-22(24)30-26(33)18-39-28(35)21(10-15-40-3)31-27(34)19-6-8-20(29)9-7-19/h6-9,16-17,21H,4-5,10-15,18H2,1-3H3,(H,30,33)(H,31,34). The van der Waals surface area contributed by atoms with Crippen molar-refractivity contribution in [3.05, 3.63) is 47.0 Å². The summed E-state index contributed by atoms with van der Waals surface area (Å²) in [6, 6.07) is 8.96. The fourth-order valence-electron chi connectivity index (χ4n) is 4.00. The molecule has 0 radical (unpaired) electrons. The minimum Gasteiger partial charge on any atom is -0.492 e. The number of hydrogen-bond acceptors (Lipinski definition) is 9. The number of hydrogen-bond donors (Lipinski definition) is 2. The van der Waals surface area contributed by atoms with E-state index in [4.69, 9.17) is 30.5 Å². The molecule has 1 aliphatic heterocycles. The molecule has 2 amide bonds. The van der Waals surface area contributed by atoms with Crippen molar-refractivity contribution in [2.45, 2.75) is 26.3 Å². The van der Waals surface area contributed by atoms with Gasteiger partial charge >= 0.3 is 5.97 Å². The van der Waals surface area contributed by atoms with Crippen LogP contribution in [-0.4, -0.2) is 82.0 Å². The van der Waals surface area contributed by atoms with E-state index in [1.165, 1.54) is 11.8 Å². The zero-order chi connectivity index (χ0) is 28.9. The molecule has 1 aliphatic rings. The second kappa shape index (κ2) is 16.2. The number of amides is 2. The molecule has 1 fully saturated rings. The number of rotatable bonds is 14. The summed E-state index contributed by atoms with van der Waals surface area (Å²) >= 11 is 7.43. The largest absolute Gasteiger partial charge is 0.492 e. The van der Waals surface area contributed by atoms with E-state index in [9.17, 15) is 14.4 Å². The van der Waals surface area contributed by atoms with Gasteiger partial charge in [0.25, 0.3) is 11.8 Å².